The van der Waals surface area contributed by atoms with E-state index in [1.54, 1.807) is 6.07 Å². The molecule has 3 rings (SSSR count). The van der Waals surface area contributed by atoms with E-state index >= 15 is 0 Å². The topological polar surface area (TPSA) is 63.2 Å². The first-order valence-corrected chi connectivity index (χ1v) is 6.83. The first-order chi connectivity index (χ1) is 10.3. The van der Waals surface area contributed by atoms with Crippen LogP contribution in [0, 0.1) is 0 Å². The molecule has 5 heteroatoms. The molecule has 0 saturated carbocycles. The van der Waals surface area contributed by atoms with Gasteiger partial charge in [-0.05, 0) is 17.7 Å². The molecule has 3 aromatic rings. The number of aliphatic hydroxyl groups is 1. The molecule has 0 bridgehead atoms. The highest BCUT2D eigenvalue weighted by atomic mass is 16.4. The summed E-state index contributed by atoms with van der Waals surface area (Å²) in [6, 6.07) is 15.7. The molecule has 2 aromatic heterocycles. The molecular formula is C16H17N3O2. The second-order valence-corrected chi connectivity index (χ2v) is 4.76. The SMILES string of the molecule is OCc1ccc(CNc2ccn(Cc3ccccc3)n2)o1. The fourth-order valence-electron chi connectivity index (χ4n) is 2.09. The molecule has 0 atom stereocenters. The van der Waals surface area contributed by atoms with Gasteiger partial charge in [-0.1, -0.05) is 30.3 Å². The Balaban J connectivity index is 1.57. The maximum Gasteiger partial charge on any atom is 0.148 e. The van der Waals surface area contributed by atoms with Gasteiger partial charge in [-0.15, -0.1) is 0 Å². The lowest BCUT2D eigenvalue weighted by atomic mass is 10.2. The standard InChI is InChI=1S/C16H17N3O2/c20-12-15-7-6-14(21-15)10-17-16-8-9-19(18-16)11-13-4-2-1-3-5-13/h1-9,20H,10-12H2,(H,17,18). The number of anilines is 1. The van der Waals surface area contributed by atoms with E-state index in [0.29, 0.717) is 12.3 Å². The Morgan fingerprint density at radius 3 is 2.62 bits per heavy atom. The average molecular weight is 283 g/mol. The lowest BCUT2D eigenvalue weighted by molar-refractivity contribution is 0.244. The van der Waals surface area contributed by atoms with Crippen molar-refractivity contribution in [1.82, 2.24) is 9.78 Å². The summed E-state index contributed by atoms with van der Waals surface area (Å²) in [6.07, 6.45) is 1.94. The Hall–Kier alpha value is -2.53. The second-order valence-electron chi connectivity index (χ2n) is 4.76. The van der Waals surface area contributed by atoms with Gasteiger partial charge in [-0.3, -0.25) is 4.68 Å². The summed E-state index contributed by atoms with van der Waals surface area (Å²) in [5.74, 6) is 2.14. The number of aromatic nitrogens is 2. The van der Waals surface area contributed by atoms with Crippen LogP contribution >= 0.6 is 0 Å². The minimum atomic E-state index is -0.0777. The van der Waals surface area contributed by atoms with Crippen LogP contribution in [0.4, 0.5) is 5.82 Å². The van der Waals surface area contributed by atoms with E-state index in [-0.39, 0.29) is 6.61 Å². The molecule has 0 fully saturated rings. The van der Waals surface area contributed by atoms with Crippen molar-refractivity contribution in [2.75, 3.05) is 5.32 Å². The van der Waals surface area contributed by atoms with E-state index in [4.69, 9.17) is 9.52 Å². The third-order valence-electron chi connectivity index (χ3n) is 3.14. The summed E-state index contributed by atoms with van der Waals surface area (Å²) in [7, 11) is 0. The summed E-state index contributed by atoms with van der Waals surface area (Å²) in [6.45, 7) is 1.21. The highest BCUT2D eigenvalue weighted by Crippen LogP contribution is 2.11. The Morgan fingerprint density at radius 2 is 1.86 bits per heavy atom. The van der Waals surface area contributed by atoms with E-state index in [2.05, 4.69) is 22.5 Å². The third-order valence-corrected chi connectivity index (χ3v) is 3.14. The van der Waals surface area contributed by atoms with E-state index in [0.717, 1.165) is 18.1 Å². The van der Waals surface area contributed by atoms with Crippen LogP contribution < -0.4 is 5.32 Å². The second kappa shape index (κ2) is 6.28. The van der Waals surface area contributed by atoms with Crippen molar-refractivity contribution in [3.05, 3.63) is 71.8 Å². The highest BCUT2D eigenvalue weighted by Gasteiger charge is 2.03. The number of benzene rings is 1. The molecule has 0 amide bonds. The van der Waals surface area contributed by atoms with Crippen LogP contribution in [0.5, 0.6) is 0 Å². The van der Waals surface area contributed by atoms with Crippen molar-refractivity contribution in [2.24, 2.45) is 0 Å². The monoisotopic (exact) mass is 283 g/mol. The Bertz CT molecular complexity index is 688. The molecule has 0 radical (unpaired) electrons. The number of hydrogen-bond donors (Lipinski definition) is 2. The van der Waals surface area contributed by atoms with Gasteiger partial charge in [0, 0.05) is 12.3 Å². The number of hydrogen-bond acceptors (Lipinski definition) is 4. The molecule has 1 aromatic carbocycles. The number of nitrogens with zero attached hydrogens (tertiary/aromatic N) is 2. The molecule has 0 unspecified atom stereocenters. The Morgan fingerprint density at radius 1 is 1.05 bits per heavy atom. The zero-order valence-corrected chi connectivity index (χ0v) is 11.6. The van der Waals surface area contributed by atoms with E-state index in [9.17, 15) is 0 Å². The summed E-state index contributed by atoms with van der Waals surface area (Å²) < 4.78 is 7.30. The first kappa shape index (κ1) is 13.5. The van der Waals surface area contributed by atoms with Gasteiger partial charge in [0.25, 0.3) is 0 Å². The highest BCUT2D eigenvalue weighted by molar-refractivity contribution is 5.33. The van der Waals surface area contributed by atoms with Gasteiger partial charge in [0.2, 0.25) is 0 Å². The minimum Gasteiger partial charge on any atom is -0.462 e. The third kappa shape index (κ3) is 3.52. The summed E-state index contributed by atoms with van der Waals surface area (Å²) in [5, 5.41) is 16.6. The van der Waals surface area contributed by atoms with E-state index in [1.165, 1.54) is 5.56 Å². The largest absolute Gasteiger partial charge is 0.462 e. The molecule has 108 valence electrons. The maximum absolute atomic E-state index is 8.95. The number of rotatable bonds is 6. The van der Waals surface area contributed by atoms with E-state index < -0.39 is 0 Å². The predicted octanol–water partition coefficient (Wildman–Crippen LogP) is 2.63. The van der Waals surface area contributed by atoms with Crippen molar-refractivity contribution in [3.8, 4) is 0 Å². The fraction of sp³-hybridized carbons (Fsp3) is 0.188. The molecule has 0 aliphatic carbocycles. The van der Waals surface area contributed by atoms with Gasteiger partial charge in [-0.2, -0.15) is 5.10 Å². The summed E-state index contributed by atoms with van der Waals surface area (Å²) in [4.78, 5) is 0. The lowest BCUT2D eigenvalue weighted by Crippen LogP contribution is -2.03. The number of aliphatic hydroxyl groups excluding tert-OH is 1. The Kier molecular flexibility index (Phi) is 4.02. The smallest absolute Gasteiger partial charge is 0.148 e. The van der Waals surface area contributed by atoms with Crippen LogP contribution in [0.25, 0.3) is 0 Å². The quantitative estimate of drug-likeness (QED) is 0.730. The molecule has 0 aliphatic heterocycles. The van der Waals surface area contributed by atoms with Crippen LogP contribution in [-0.2, 0) is 19.7 Å². The van der Waals surface area contributed by atoms with Gasteiger partial charge in [0.15, 0.2) is 0 Å². The molecule has 0 aliphatic rings. The van der Waals surface area contributed by atoms with Crippen LogP contribution in [0.2, 0.25) is 0 Å². The van der Waals surface area contributed by atoms with Crippen molar-refractivity contribution < 1.29 is 9.52 Å². The van der Waals surface area contributed by atoms with Crippen molar-refractivity contribution in [3.63, 3.8) is 0 Å². The van der Waals surface area contributed by atoms with Gasteiger partial charge in [-0.25, -0.2) is 0 Å². The average Bonchev–Trinajstić information content (AvgIpc) is 3.15. The molecular weight excluding hydrogens is 266 g/mol. The molecule has 2 N–H and O–H groups in total. The first-order valence-electron chi connectivity index (χ1n) is 6.83. The fourth-order valence-corrected chi connectivity index (χ4v) is 2.09. The maximum atomic E-state index is 8.95. The van der Waals surface area contributed by atoms with Crippen molar-refractivity contribution >= 4 is 5.82 Å². The minimum absolute atomic E-state index is 0.0777. The van der Waals surface area contributed by atoms with Gasteiger partial charge in [0.1, 0.15) is 23.9 Å². The number of nitrogens with one attached hydrogen (secondary N) is 1. The zero-order valence-electron chi connectivity index (χ0n) is 11.6. The van der Waals surface area contributed by atoms with Crippen molar-refractivity contribution in [2.45, 2.75) is 19.7 Å². The molecule has 0 spiro atoms. The molecule has 2 heterocycles. The lowest BCUT2D eigenvalue weighted by Gasteiger charge is -2.02. The van der Waals surface area contributed by atoms with Gasteiger partial charge in [0.05, 0.1) is 13.1 Å². The number of furan rings is 1. The summed E-state index contributed by atoms with van der Waals surface area (Å²) in [5.41, 5.74) is 1.21. The van der Waals surface area contributed by atoms with Gasteiger partial charge < -0.3 is 14.8 Å². The summed E-state index contributed by atoms with van der Waals surface area (Å²) >= 11 is 0. The van der Waals surface area contributed by atoms with Crippen LogP contribution in [0.3, 0.4) is 0 Å². The molecule has 5 nitrogen and oxygen atoms in total. The van der Waals surface area contributed by atoms with E-state index in [1.807, 2.05) is 41.2 Å². The van der Waals surface area contributed by atoms with Crippen LogP contribution in [0.15, 0.2) is 59.1 Å². The van der Waals surface area contributed by atoms with Crippen LogP contribution in [-0.4, -0.2) is 14.9 Å². The van der Waals surface area contributed by atoms with Crippen LogP contribution in [0.1, 0.15) is 17.1 Å². The zero-order chi connectivity index (χ0) is 14.5. The van der Waals surface area contributed by atoms with Gasteiger partial charge >= 0.3 is 0 Å². The predicted molar refractivity (Wildman–Crippen MR) is 79.7 cm³/mol. The molecule has 0 saturated heterocycles. The molecule has 21 heavy (non-hydrogen) atoms. The Labute approximate surface area is 122 Å². The normalized spacial score (nSPS) is 10.7. The van der Waals surface area contributed by atoms with Crippen molar-refractivity contribution in [1.29, 1.82) is 0 Å².